The van der Waals surface area contributed by atoms with E-state index in [0.29, 0.717) is 17.4 Å². The van der Waals surface area contributed by atoms with Crippen molar-refractivity contribution in [2.45, 2.75) is 109 Å². The summed E-state index contributed by atoms with van der Waals surface area (Å²) in [6, 6.07) is 9.68. The van der Waals surface area contributed by atoms with E-state index in [0.717, 1.165) is 36.6 Å². The smallest absolute Gasteiger partial charge is 0.744 e. The summed E-state index contributed by atoms with van der Waals surface area (Å²) in [5.41, 5.74) is 1.84. The van der Waals surface area contributed by atoms with Gasteiger partial charge in [-0.3, -0.25) is 0 Å². The number of hydrogen-bond acceptors (Lipinski definition) is 3. The van der Waals surface area contributed by atoms with E-state index >= 15 is 0 Å². The van der Waals surface area contributed by atoms with Crippen LogP contribution in [0, 0.1) is 0 Å². The van der Waals surface area contributed by atoms with E-state index < -0.39 is 10.1 Å². The van der Waals surface area contributed by atoms with Gasteiger partial charge < -0.3 is 4.55 Å². The predicted molar refractivity (Wildman–Crippen MR) is 126 cm³/mol. The maximum absolute atomic E-state index is 12.2. The van der Waals surface area contributed by atoms with Gasteiger partial charge in [0.1, 0.15) is 10.1 Å². The van der Waals surface area contributed by atoms with Crippen molar-refractivity contribution in [2.75, 3.05) is 0 Å². The molecule has 0 bridgehead atoms. The molecule has 2 aromatic rings. The number of rotatable bonds is 15. The Hall–Kier alpha value is -0.390. The summed E-state index contributed by atoms with van der Waals surface area (Å²) in [7, 11) is -4.51. The van der Waals surface area contributed by atoms with Gasteiger partial charge in [-0.05, 0) is 47.6 Å². The van der Waals surface area contributed by atoms with Crippen molar-refractivity contribution in [3.05, 3.63) is 41.5 Å². The summed E-state index contributed by atoms with van der Waals surface area (Å²) >= 11 is 0. The van der Waals surface area contributed by atoms with Crippen LogP contribution in [-0.2, 0) is 23.0 Å². The van der Waals surface area contributed by atoms with Crippen LogP contribution < -0.4 is 29.6 Å². The second-order valence-electron chi connectivity index (χ2n) is 8.56. The molecule has 0 aromatic heterocycles. The van der Waals surface area contributed by atoms with Crippen molar-refractivity contribution >= 4 is 20.9 Å². The van der Waals surface area contributed by atoms with Crippen LogP contribution in [0.5, 0.6) is 0 Å². The van der Waals surface area contributed by atoms with Crippen LogP contribution in [0.15, 0.2) is 35.2 Å². The van der Waals surface area contributed by atoms with Crippen molar-refractivity contribution in [1.29, 1.82) is 0 Å². The van der Waals surface area contributed by atoms with Crippen molar-refractivity contribution in [2.24, 2.45) is 0 Å². The molecule has 0 unspecified atom stereocenters. The van der Waals surface area contributed by atoms with Gasteiger partial charge >= 0.3 is 29.6 Å². The zero-order valence-electron chi connectivity index (χ0n) is 19.9. The molecule has 168 valence electrons. The first-order chi connectivity index (χ1) is 14.5. The zero-order chi connectivity index (χ0) is 21.8. The number of benzene rings is 2. The van der Waals surface area contributed by atoms with Crippen LogP contribution in [0.4, 0.5) is 0 Å². The van der Waals surface area contributed by atoms with Crippen LogP contribution in [0.25, 0.3) is 10.8 Å². The van der Waals surface area contributed by atoms with E-state index in [1.54, 1.807) is 6.07 Å². The van der Waals surface area contributed by atoms with Crippen LogP contribution in [0.3, 0.4) is 0 Å². The molecule has 3 nitrogen and oxygen atoms in total. The van der Waals surface area contributed by atoms with Gasteiger partial charge in [-0.25, -0.2) is 8.42 Å². The first-order valence-corrected chi connectivity index (χ1v) is 13.4. The summed E-state index contributed by atoms with van der Waals surface area (Å²) in [6.07, 6.45) is 15.8. The van der Waals surface area contributed by atoms with Gasteiger partial charge in [0.05, 0.1) is 4.90 Å². The Bertz CT molecular complexity index is 878. The Balaban J connectivity index is 0.00000480. The minimum atomic E-state index is -4.51. The maximum Gasteiger partial charge on any atom is 1.00 e. The second kappa shape index (κ2) is 15.4. The van der Waals surface area contributed by atoms with Crippen LogP contribution >= 0.6 is 0 Å². The first-order valence-electron chi connectivity index (χ1n) is 12.0. The molecular weight excluding hydrogens is 415 g/mol. The van der Waals surface area contributed by atoms with Gasteiger partial charge in [0, 0.05) is 0 Å². The van der Waals surface area contributed by atoms with Crippen LogP contribution in [-0.4, -0.2) is 13.0 Å². The Labute approximate surface area is 212 Å². The summed E-state index contributed by atoms with van der Waals surface area (Å²) in [5, 5.41) is 1.53. The van der Waals surface area contributed by atoms with Gasteiger partial charge in [-0.1, -0.05) is 108 Å². The minimum Gasteiger partial charge on any atom is -0.744 e. The molecule has 0 atom stereocenters. The molecule has 0 amide bonds. The third-order valence-corrected chi connectivity index (χ3v) is 7.02. The van der Waals surface area contributed by atoms with Gasteiger partial charge in [0.2, 0.25) is 0 Å². The second-order valence-corrected chi connectivity index (χ2v) is 9.87. The average Bonchev–Trinajstić information content (AvgIpc) is 2.72. The monoisotopic (exact) mass is 454 g/mol. The molecule has 0 aliphatic heterocycles. The van der Waals surface area contributed by atoms with E-state index in [9.17, 15) is 13.0 Å². The first kappa shape index (κ1) is 28.6. The Kier molecular flexibility index (Phi) is 14.3. The molecular formula is C26H39NaO3S. The molecule has 0 fully saturated rings. The summed E-state index contributed by atoms with van der Waals surface area (Å²) in [4.78, 5) is 0.0124. The normalized spacial score (nSPS) is 11.6. The van der Waals surface area contributed by atoms with Gasteiger partial charge in [0.25, 0.3) is 0 Å². The Morgan fingerprint density at radius 1 is 0.645 bits per heavy atom. The van der Waals surface area contributed by atoms with Gasteiger partial charge in [-0.2, -0.15) is 0 Å². The standard InChI is InChI=1S/C26H40O3S.Na/c1-3-5-7-9-11-13-16-22-18-15-19-25-24(22)21-20-23(26(25)30(27,28)29)17-14-12-10-8-6-4-2;/h15,18-21H,3-14,16-17H2,1-2H3,(H,27,28,29);/q;+1/p-1. The number of aryl methyl sites for hydroxylation is 2. The third kappa shape index (κ3) is 9.55. The van der Waals surface area contributed by atoms with Gasteiger partial charge in [-0.15, -0.1) is 0 Å². The molecule has 0 spiro atoms. The Morgan fingerprint density at radius 3 is 1.71 bits per heavy atom. The van der Waals surface area contributed by atoms with E-state index in [4.69, 9.17) is 0 Å². The molecule has 0 aliphatic carbocycles. The topological polar surface area (TPSA) is 57.2 Å². The molecule has 2 aromatic carbocycles. The molecule has 5 heteroatoms. The van der Waals surface area contributed by atoms with E-state index in [-0.39, 0.29) is 34.5 Å². The fourth-order valence-electron chi connectivity index (χ4n) is 4.34. The molecule has 0 aliphatic rings. The van der Waals surface area contributed by atoms with Crippen LogP contribution in [0.2, 0.25) is 0 Å². The molecule has 0 saturated carbocycles. The molecule has 0 heterocycles. The van der Waals surface area contributed by atoms with Gasteiger partial charge in [0.15, 0.2) is 0 Å². The van der Waals surface area contributed by atoms with Crippen LogP contribution in [0.1, 0.15) is 102 Å². The van der Waals surface area contributed by atoms with E-state index in [2.05, 4.69) is 19.9 Å². The van der Waals surface area contributed by atoms with Crippen molar-refractivity contribution in [1.82, 2.24) is 0 Å². The van der Waals surface area contributed by atoms with E-state index in [1.165, 1.54) is 57.8 Å². The molecule has 0 radical (unpaired) electrons. The molecule has 0 saturated heterocycles. The van der Waals surface area contributed by atoms with Crippen molar-refractivity contribution in [3.8, 4) is 0 Å². The number of unbranched alkanes of at least 4 members (excludes halogenated alkanes) is 10. The molecule has 0 N–H and O–H groups in total. The fourth-order valence-corrected chi connectivity index (χ4v) is 5.28. The Morgan fingerprint density at radius 2 is 1.16 bits per heavy atom. The quantitative estimate of drug-likeness (QED) is 0.225. The SMILES string of the molecule is CCCCCCCCc1ccc2c(CCCCCCCC)cccc2c1S(=O)(=O)[O-].[Na+]. The molecule has 2 rings (SSSR count). The number of hydrogen-bond donors (Lipinski definition) is 0. The number of fused-ring (bicyclic) bond motifs is 1. The fraction of sp³-hybridized carbons (Fsp3) is 0.615. The van der Waals surface area contributed by atoms with E-state index in [1.807, 2.05) is 18.2 Å². The summed E-state index contributed by atoms with van der Waals surface area (Å²) in [6.45, 7) is 4.42. The maximum atomic E-state index is 12.2. The summed E-state index contributed by atoms with van der Waals surface area (Å²) < 4.78 is 36.5. The minimum absolute atomic E-state index is 0. The van der Waals surface area contributed by atoms with Crippen molar-refractivity contribution < 1.29 is 42.5 Å². The summed E-state index contributed by atoms with van der Waals surface area (Å²) in [5.74, 6) is 0. The largest absolute Gasteiger partial charge is 1.00 e. The predicted octanol–water partition coefficient (Wildman–Crippen LogP) is 4.55. The zero-order valence-corrected chi connectivity index (χ0v) is 22.7. The van der Waals surface area contributed by atoms with Crippen molar-refractivity contribution in [3.63, 3.8) is 0 Å². The molecule has 31 heavy (non-hydrogen) atoms. The third-order valence-electron chi connectivity index (χ3n) is 6.03. The average molecular weight is 455 g/mol.